The summed E-state index contributed by atoms with van der Waals surface area (Å²) in [6.07, 6.45) is 0.974. The summed E-state index contributed by atoms with van der Waals surface area (Å²) in [5.74, 6) is -0.824. The third kappa shape index (κ3) is 4.54. The van der Waals surface area contributed by atoms with Crippen molar-refractivity contribution in [3.63, 3.8) is 0 Å². The van der Waals surface area contributed by atoms with Crippen LogP contribution in [0.3, 0.4) is 0 Å². The molecule has 0 bridgehead atoms. The van der Waals surface area contributed by atoms with Gasteiger partial charge in [0.1, 0.15) is 11.9 Å². The van der Waals surface area contributed by atoms with Crippen LogP contribution in [-0.4, -0.2) is 36.2 Å². The molecule has 36 heavy (non-hydrogen) atoms. The van der Waals surface area contributed by atoms with Gasteiger partial charge in [-0.2, -0.15) is 4.31 Å². The molecule has 1 saturated heterocycles. The van der Waals surface area contributed by atoms with E-state index in [4.69, 9.17) is 4.98 Å². The van der Waals surface area contributed by atoms with Crippen molar-refractivity contribution < 1.29 is 17.6 Å². The molecule has 1 unspecified atom stereocenters. The second-order valence-corrected chi connectivity index (χ2v) is 11.9. The van der Waals surface area contributed by atoms with Gasteiger partial charge in [-0.1, -0.05) is 53.8 Å². The Balaban J connectivity index is 1.55. The topological polar surface area (TPSA) is 70.6 Å². The largest absolute Gasteiger partial charge is 0.282 e. The summed E-state index contributed by atoms with van der Waals surface area (Å²) in [6.45, 7) is 4.51. The summed E-state index contributed by atoms with van der Waals surface area (Å²) in [5, 5.41) is 0.544. The Kier molecular flexibility index (Phi) is 6.63. The van der Waals surface area contributed by atoms with Crippen LogP contribution in [0, 0.1) is 19.7 Å². The minimum Gasteiger partial charge on any atom is -0.282 e. The smallest absolute Gasteiger partial charge is 0.247 e. The highest BCUT2D eigenvalue weighted by atomic mass is 32.2. The number of aryl methyl sites for hydroxylation is 2. The van der Waals surface area contributed by atoms with Gasteiger partial charge < -0.3 is 0 Å². The summed E-state index contributed by atoms with van der Waals surface area (Å²) in [7, 11) is -3.97. The van der Waals surface area contributed by atoms with Gasteiger partial charge in [0.25, 0.3) is 0 Å². The summed E-state index contributed by atoms with van der Waals surface area (Å²) in [6, 6.07) is 17.5. The number of carbonyl (C=O) groups excluding carboxylic acids is 1. The van der Waals surface area contributed by atoms with Gasteiger partial charge in [0.15, 0.2) is 5.13 Å². The number of amides is 1. The maximum Gasteiger partial charge on any atom is 0.247 e. The van der Waals surface area contributed by atoms with Crippen molar-refractivity contribution in [3.05, 3.63) is 89.2 Å². The average molecular weight is 524 g/mol. The Morgan fingerprint density at radius 1 is 1.06 bits per heavy atom. The van der Waals surface area contributed by atoms with E-state index in [0.29, 0.717) is 18.0 Å². The van der Waals surface area contributed by atoms with Crippen molar-refractivity contribution in [2.45, 2.75) is 44.2 Å². The third-order valence-corrected chi connectivity index (χ3v) is 9.66. The van der Waals surface area contributed by atoms with Crippen molar-refractivity contribution in [1.82, 2.24) is 9.29 Å². The summed E-state index contributed by atoms with van der Waals surface area (Å²) < 4.78 is 42.5. The van der Waals surface area contributed by atoms with Crippen LogP contribution in [0.2, 0.25) is 0 Å². The number of rotatable bonds is 6. The van der Waals surface area contributed by atoms with Gasteiger partial charge in [0, 0.05) is 6.54 Å². The zero-order valence-electron chi connectivity index (χ0n) is 20.0. The van der Waals surface area contributed by atoms with Gasteiger partial charge in [-0.25, -0.2) is 17.8 Å². The SMILES string of the molecule is Cc1ccc(C)c2sc(N(Cc3ccccc3)C(=O)C3CCCN3S(=O)(=O)c3ccc(F)cc3)nc12. The highest BCUT2D eigenvalue weighted by molar-refractivity contribution is 7.89. The molecule has 1 aliphatic rings. The van der Waals surface area contributed by atoms with E-state index < -0.39 is 21.9 Å². The van der Waals surface area contributed by atoms with Gasteiger partial charge in [0.2, 0.25) is 15.9 Å². The number of sulfonamides is 1. The number of hydrogen-bond acceptors (Lipinski definition) is 5. The number of benzene rings is 3. The lowest BCUT2D eigenvalue weighted by atomic mass is 10.1. The number of thiazole rings is 1. The second kappa shape index (κ2) is 9.72. The minimum absolute atomic E-state index is 0.0237. The minimum atomic E-state index is -3.97. The number of halogens is 1. The highest BCUT2D eigenvalue weighted by Gasteiger charge is 2.42. The van der Waals surface area contributed by atoms with Crippen LogP contribution in [0.15, 0.2) is 71.6 Å². The fraction of sp³-hybridized carbons (Fsp3) is 0.259. The predicted molar refractivity (Wildman–Crippen MR) is 140 cm³/mol. The number of nitrogens with zero attached hydrogens (tertiary/aromatic N) is 3. The zero-order valence-corrected chi connectivity index (χ0v) is 21.7. The van der Waals surface area contributed by atoms with Crippen molar-refractivity contribution in [1.29, 1.82) is 0 Å². The molecule has 0 N–H and O–H groups in total. The second-order valence-electron chi connectivity index (χ2n) is 9.01. The summed E-state index contributed by atoms with van der Waals surface area (Å²) in [4.78, 5) is 20.5. The molecule has 1 atom stereocenters. The van der Waals surface area contributed by atoms with Gasteiger partial charge in [-0.15, -0.1) is 0 Å². The maximum atomic E-state index is 14.1. The molecule has 2 heterocycles. The van der Waals surface area contributed by atoms with Crippen molar-refractivity contribution >= 4 is 42.6 Å². The normalized spacial score (nSPS) is 16.5. The molecule has 0 aliphatic carbocycles. The Bertz CT molecular complexity index is 1480. The first-order valence-electron chi connectivity index (χ1n) is 11.7. The molecule has 3 aromatic carbocycles. The highest BCUT2D eigenvalue weighted by Crippen LogP contribution is 2.36. The number of carbonyl (C=O) groups is 1. The molecular formula is C27H26FN3O3S2. The standard InChI is InChI=1S/C27H26FN3O3S2/c1-18-10-11-19(2)25-24(18)29-27(35-25)30(17-20-7-4-3-5-8-20)26(32)23-9-6-16-31(23)36(33,34)22-14-12-21(28)13-15-22/h3-5,7-8,10-15,23H,6,9,16-17H2,1-2H3. The van der Waals surface area contributed by atoms with Crippen LogP contribution in [0.25, 0.3) is 10.2 Å². The molecule has 1 aliphatic heterocycles. The van der Waals surface area contributed by atoms with E-state index in [-0.39, 0.29) is 23.9 Å². The molecule has 5 rings (SSSR count). The Morgan fingerprint density at radius 3 is 2.44 bits per heavy atom. The molecule has 9 heteroatoms. The fourth-order valence-corrected chi connectivity index (χ4v) is 7.33. The predicted octanol–water partition coefficient (Wildman–Crippen LogP) is 5.44. The zero-order chi connectivity index (χ0) is 25.4. The maximum absolute atomic E-state index is 14.1. The molecule has 0 spiro atoms. The van der Waals surface area contributed by atoms with E-state index in [1.165, 1.54) is 27.8 Å². The van der Waals surface area contributed by atoms with E-state index in [1.54, 1.807) is 4.90 Å². The van der Waals surface area contributed by atoms with Gasteiger partial charge >= 0.3 is 0 Å². The quantitative estimate of drug-likeness (QED) is 0.338. The molecule has 6 nitrogen and oxygen atoms in total. The van der Waals surface area contributed by atoms with E-state index >= 15 is 0 Å². The number of aromatic nitrogens is 1. The first-order chi connectivity index (χ1) is 17.3. The molecular weight excluding hydrogens is 497 g/mol. The summed E-state index contributed by atoms with van der Waals surface area (Å²) in [5.41, 5.74) is 3.87. The lowest BCUT2D eigenvalue weighted by molar-refractivity contribution is -0.121. The fourth-order valence-electron chi connectivity index (χ4n) is 4.57. The van der Waals surface area contributed by atoms with Crippen molar-refractivity contribution in [2.24, 2.45) is 0 Å². The Hall–Kier alpha value is -3.14. The van der Waals surface area contributed by atoms with E-state index in [9.17, 15) is 17.6 Å². The van der Waals surface area contributed by atoms with Gasteiger partial charge in [-0.3, -0.25) is 9.69 Å². The first kappa shape index (κ1) is 24.5. The van der Waals surface area contributed by atoms with Crippen LogP contribution in [0.5, 0.6) is 0 Å². The Morgan fingerprint density at radius 2 is 1.75 bits per heavy atom. The third-order valence-electron chi connectivity index (χ3n) is 6.52. The van der Waals surface area contributed by atoms with Crippen LogP contribution in [0.1, 0.15) is 29.5 Å². The first-order valence-corrected chi connectivity index (χ1v) is 14.0. The lowest BCUT2D eigenvalue weighted by Gasteiger charge is -2.28. The Labute approximate surface area is 214 Å². The van der Waals surface area contributed by atoms with E-state index in [1.807, 2.05) is 56.3 Å². The van der Waals surface area contributed by atoms with Crippen LogP contribution in [0.4, 0.5) is 9.52 Å². The van der Waals surface area contributed by atoms with Crippen molar-refractivity contribution in [3.8, 4) is 0 Å². The molecule has 1 fully saturated rings. The lowest BCUT2D eigenvalue weighted by Crippen LogP contribution is -2.47. The summed E-state index contributed by atoms with van der Waals surface area (Å²) >= 11 is 1.44. The monoisotopic (exact) mass is 523 g/mol. The number of hydrogen-bond donors (Lipinski definition) is 0. The molecule has 0 saturated carbocycles. The van der Waals surface area contributed by atoms with E-state index in [2.05, 4.69) is 0 Å². The molecule has 0 radical (unpaired) electrons. The van der Waals surface area contributed by atoms with Gasteiger partial charge in [0.05, 0.1) is 21.7 Å². The van der Waals surface area contributed by atoms with E-state index in [0.717, 1.165) is 39.0 Å². The average Bonchev–Trinajstić information content (AvgIpc) is 3.54. The van der Waals surface area contributed by atoms with Crippen LogP contribution >= 0.6 is 11.3 Å². The van der Waals surface area contributed by atoms with Gasteiger partial charge in [-0.05, 0) is 67.6 Å². The molecule has 1 aromatic heterocycles. The van der Waals surface area contributed by atoms with Crippen LogP contribution in [-0.2, 0) is 21.4 Å². The number of anilines is 1. The number of fused-ring (bicyclic) bond motifs is 1. The van der Waals surface area contributed by atoms with Crippen LogP contribution < -0.4 is 4.90 Å². The molecule has 1 amide bonds. The molecule has 4 aromatic rings. The van der Waals surface area contributed by atoms with Crippen molar-refractivity contribution in [2.75, 3.05) is 11.4 Å². The molecule has 186 valence electrons.